The van der Waals surface area contributed by atoms with Crippen molar-refractivity contribution in [1.29, 1.82) is 0 Å². The van der Waals surface area contributed by atoms with E-state index in [0.717, 1.165) is 29.4 Å². The number of aryl methyl sites for hydroxylation is 1. The van der Waals surface area contributed by atoms with E-state index in [0.29, 0.717) is 0 Å². The zero-order chi connectivity index (χ0) is 16.4. The minimum atomic E-state index is -0.0790. The second kappa shape index (κ2) is 6.36. The highest BCUT2D eigenvalue weighted by atomic mass is 16.5. The Balaban J connectivity index is 1.42. The Morgan fingerprint density at radius 2 is 1.79 bits per heavy atom. The summed E-state index contributed by atoms with van der Waals surface area (Å²) in [7, 11) is 0. The van der Waals surface area contributed by atoms with Crippen molar-refractivity contribution in [2.45, 2.75) is 18.9 Å². The third-order valence-electron chi connectivity index (χ3n) is 4.58. The molecule has 3 heteroatoms. The molecule has 3 nitrogen and oxygen atoms in total. The molecular weight excluding hydrogens is 298 g/mol. The molecule has 0 bridgehead atoms. The van der Waals surface area contributed by atoms with Crippen LogP contribution in [-0.2, 0) is 11.2 Å². The van der Waals surface area contributed by atoms with Crippen molar-refractivity contribution in [2.24, 2.45) is 0 Å². The zero-order valence-corrected chi connectivity index (χ0v) is 13.4. The predicted octanol–water partition coefficient (Wildman–Crippen LogP) is 4.02. The minimum Gasteiger partial charge on any atom is -0.483 e. The standard InChI is InChI=1S/C21H19NO2/c23-21(22-19-13-12-16-7-1-3-9-17(16)19)14-24-20-11-5-8-15-6-2-4-10-18(15)20/h1-11,19H,12-14H2,(H,22,23)/t19-/m0/s1. The van der Waals surface area contributed by atoms with Gasteiger partial charge in [0, 0.05) is 5.39 Å². The van der Waals surface area contributed by atoms with Gasteiger partial charge in [-0.15, -0.1) is 0 Å². The van der Waals surface area contributed by atoms with E-state index in [9.17, 15) is 4.79 Å². The molecule has 1 N–H and O–H groups in total. The first-order chi connectivity index (χ1) is 11.8. The fourth-order valence-corrected chi connectivity index (χ4v) is 3.41. The van der Waals surface area contributed by atoms with Crippen molar-refractivity contribution in [1.82, 2.24) is 5.32 Å². The SMILES string of the molecule is O=C(COc1cccc2ccccc12)N[C@H]1CCc2ccccc21. The Kier molecular flexibility index (Phi) is 3.91. The van der Waals surface area contributed by atoms with Crippen LogP contribution in [0.15, 0.2) is 66.7 Å². The predicted molar refractivity (Wildman–Crippen MR) is 95.1 cm³/mol. The van der Waals surface area contributed by atoms with E-state index in [1.54, 1.807) is 0 Å². The molecule has 0 radical (unpaired) electrons. The van der Waals surface area contributed by atoms with Gasteiger partial charge in [-0.3, -0.25) is 4.79 Å². The maximum Gasteiger partial charge on any atom is 0.258 e. The van der Waals surface area contributed by atoms with Crippen molar-refractivity contribution in [3.63, 3.8) is 0 Å². The van der Waals surface area contributed by atoms with Crippen LogP contribution >= 0.6 is 0 Å². The molecule has 1 aliphatic rings. The van der Waals surface area contributed by atoms with Gasteiger partial charge in [0.1, 0.15) is 5.75 Å². The average molecular weight is 317 g/mol. The monoisotopic (exact) mass is 317 g/mol. The summed E-state index contributed by atoms with van der Waals surface area (Å²) in [5, 5.41) is 5.23. The fourth-order valence-electron chi connectivity index (χ4n) is 3.41. The molecule has 0 saturated carbocycles. The van der Waals surface area contributed by atoms with Gasteiger partial charge in [0.15, 0.2) is 6.61 Å². The van der Waals surface area contributed by atoms with E-state index >= 15 is 0 Å². The molecule has 120 valence electrons. The van der Waals surface area contributed by atoms with E-state index in [2.05, 4.69) is 17.4 Å². The summed E-state index contributed by atoms with van der Waals surface area (Å²) in [5.74, 6) is 0.666. The lowest BCUT2D eigenvalue weighted by Gasteiger charge is -2.15. The van der Waals surface area contributed by atoms with Gasteiger partial charge < -0.3 is 10.1 Å². The maximum atomic E-state index is 12.3. The average Bonchev–Trinajstić information content (AvgIpc) is 3.03. The lowest BCUT2D eigenvalue weighted by molar-refractivity contribution is -0.123. The summed E-state index contributed by atoms with van der Waals surface area (Å²) >= 11 is 0. The first-order valence-electron chi connectivity index (χ1n) is 8.29. The van der Waals surface area contributed by atoms with E-state index in [4.69, 9.17) is 4.74 Å². The topological polar surface area (TPSA) is 38.3 Å². The van der Waals surface area contributed by atoms with Crippen LogP contribution in [-0.4, -0.2) is 12.5 Å². The van der Waals surface area contributed by atoms with Crippen molar-refractivity contribution >= 4 is 16.7 Å². The van der Waals surface area contributed by atoms with Gasteiger partial charge in [-0.1, -0.05) is 60.7 Å². The maximum absolute atomic E-state index is 12.3. The number of ether oxygens (including phenoxy) is 1. The van der Waals surface area contributed by atoms with Crippen LogP contribution < -0.4 is 10.1 Å². The van der Waals surface area contributed by atoms with Gasteiger partial charge in [-0.05, 0) is 35.4 Å². The Morgan fingerprint density at radius 3 is 2.75 bits per heavy atom. The molecule has 1 amide bonds. The first-order valence-corrected chi connectivity index (χ1v) is 8.29. The Morgan fingerprint density at radius 1 is 1.00 bits per heavy atom. The van der Waals surface area contributed by atoms with Crippen LogP contribution in [0, 0.1) is 0 Å². The lowest BCUT2D eigenvalue weighted by Crippen LogP contribution is -2.31. The van der Waals surface area contributed by atoms with Gasteiger partial charge in [-0.25, -0.2) is 0 Å². The molecule has 0 heterocycles. The molecule has 0 aliphatic heterocycles. The molecule has 0 fully saturated rings. The third kappa shape index (κ3) is 2.85. The van der Waals surface area contributed by atoms with Crippen LogP contribution in [0.25, 0.3) is 10.8 Å². The molecule has 0 unspecified atom stereocenters. The molecular formula is C21H19NO2. The number of benzene rings is 3. The van der Waals surface area contributed by atoms with E-state index in [1.807, 2.05) is 54.6 Å². The second-order valence-electron chi connectivity index (χ2n) is 6.12. The zero-order valence-electron chi connectivity index (χ0n) is 13.4. The van der Waals surface area contributed by atoms with Crippen molar-refractivity contribution in [2.75, 3.05) is 6.61 Å². The van der Waals surface area contributed by atoms with Crippen molar-refractivity contribution in [3.8, 4) is 5.75 Å². The minimum absolute atomic E-state index is 0.0344. The van der Waals surface area contributed by atoms with Crippen LogP contribution in [0.5, 0.6) is 5.75 Å². The molecule has 0 saturated heterocycles. The van der Waals surface area contributed by atoms with E-state index in [-0.39, 0.29) is 18.6 Å². The molecule has 3 aromatic carbocycles. The Labute approximate surface area is 141 Å². The Bertz CT molecular complexity index is 882. The van der Waals surface area contributed by atoms with Gasteiger partial charge in [0.05, 0.1) is 6.04 Å². The summed E-state index contributed by atoms with van der Waals surface area (Å²) in [6, 6.07) is 22.3. The largest absolute Gasteiger partial charge is 0.483 e. The molecule has 0 spiro atoms. The van der Waals surface area contributed by atoms with Gasteiger partial charge in [0.25, 0.3) is 5.91 Å². The Hall–Kier alpha value is -2.81. The quantitative estimate of drug-likeness (QED) is 0.789. The van der Waals surface area contributed by atoms with Gasteiger partial charge in [0.2, 0.25) is 0 Å². The van der Waals surface area contributed by atoms with Gasteiger partial charge >= 0.3 is 0 Å². The van der Waals surface area contributed by atoms with E-state index in [1.165, 1.54) is 11.1 Å². The fraction of sp³-hybridized carbons (Fsp3) is 0.190. The molecule has 1 aliphatic carbocycles. The summed E-state index contributed by atoms with van der Waals surface area (Å²) in [5.41, 5.74) is 2.56. The number of carbonyl (C=O) groups is 1. The molecule has 0 aromatic heterocycles. The highest BCUT2D eigenvalue weighted by Crippen LogP contribution is 2.30. The summed E-state index contributed by atoms with van der Waals surface area (Å²) < 4.78 is 5.77. The lowest BCUT2D eigenvalue weighted by atomic mass is 10.1. The van der Waals surface area contributed by atoms with Crippen LogP contribution in [0.4, 0.5) is 0 Å². The van der Waals surface area contributed by atoms with Gasteiger partial charge in [-0.2, -0.15) is 0 Å². The summed E-state index contributed by atoms with van der Waals surface area (Å²) in [6.07, 6.45) is 1.98. The number of carbonyl (C=O) groups excluding carboxylic acids is 1. The highest BCUT2D eigenvalue weighted by Gasteiger charge is 2.23. The highest BCUT2D eigenvalue weighted by molar-refractivity contribution is 5.88. The van der Waals surface area contributed by atoms with Crippen LogP contribution in [0.1, 0.15) is 23.6 Å². The van der Waals surface area contributed by atoms with E-state index < -0.39 is 0 Å². The molecule has 4 rings (SSSR count). The third-order valence-corrected chi connectivity index (χ3v) is 4.58. The number of hydrogen-bond acceptors (Lipinski definition) is 2. The molecule has 3 aromatic rings. The van der Waals surface area contributed by atoms with Crippen molar-refractivity contribution in [3.05, 3.63) is 77.9 Å². The summed E-state index contributed by atoms with van der Waals surface area (Å²) in [4.78, 5) is 12.3. The number of amides is 1. The summed E-state index contributed by atoms with van der Waals surface area (Å²) in [6.45, 7) is 0.0344. The smallest absolute Gasteiger partial charge is 0.258 e. The number of hydrogen-bond donors (Lipinski definition) is 1. The number of rotatable bonds is 4. The van der Waals surface area contributed by atoms with Crippen LogP contribution in [0.3, 0.4) is 0 Å². The normalized spacial score (nSPS) is 15.9. The second-order valence-corrected chi connectivity index (χ2v) is 6.12. The molecule has 1 atom stereocenters. The number of fused-ring (bicyclic) bond motifs is 2. The van der Waals surface area contributed by atoms with Crippen LogP contribution in [0.2, 0.25) is 0 Å². The number of nitrogens with one attached hydrogen (secondary N) is 1. The first kappa shape index (κ1) is 14.8. The van der Waals surface area contributed by atoms with Crippen molar-refractivity contribution < 1.29 is 9.53 Å². The molecule has 24 heavy (non-hydrogen) atoms.